The van der Waals surface area contributed by atoms with E-state index < -0.39 is 0 Å². The highest BCUT2D eigenvalue weighted by molar-refractivity contribution is 6.30. The molecule has 86 valence electrons. The van der Waals surface area contributed by atoms with E-state index in [0.29, 0.717) is 6.04 Å². The van der Waals surface area contributed by atoms with E-state index in [1.165, 1.54) is 16.7 Å². The number of hydrogen-bond acceptors (Lipinski definition) is 1. The van der Waals surface area contributed by atoms with Gasteiger partial charge in [0.1, 0.15) is 0 Å². The molecule has 0 bridgehead atoms. The Bertz CT molecular complexity index is 519. The fraction of sp³-hybridized carbons (Fsp3) is 0.200. The smallest absolute Gasteiger partial charge is 0.0579 e. The van der Waals surface area contributed by atoms with Crippen LogP contribution in [0.4, 0.5) is 0 Å². The molecular weight excluding hydrogens is 230 g/mol. The fourth-order valence-electron chi connectivity index (χ4n) is 2.46. The van der Waals surface area contributed by atoms with Crippen molar-refractivity contribution < 1.29 is 0 Å². The van der Waals surface area contributed by atoms with Crippen molar-refractivity contribution in [3.8, 4) is 0 Å². The molecule has 1 aliphatic rings. The van der Waals surface area contributed by atoms with Gasteiger partial charge < -0.3 is 5.32 Å². The van der Waals surface area contributed by atoms with Crippen molar-refractivity contribution in [2.24, 2.45) is 0 Å². The topological polar surface area (TPSA) is 12.0 Å². The average molecular weight is 244 g/mol. The molecule has 0 fully saturated rings. The van der Waals surface area contributed by atoms with E-state index in [9.17, 15) is 0 Å². The molecule has 1 N–H and O–H groups in total. The van der Waals surface area contributed by atoms with E-state index in [1.807, 2.05) is 12.1 Å². The molecule has 0 amide bonds. The van der Waals surface area contributed by atoms with Crippen molar-refractivity contribution in [1.29, 1.82) is 0 Å². The van der Waals surface area contributed by atoms with Gasteiger partial charge in [0.05, 0.1) is 6.04 Å². The number of hydrogen-bond donors (Lipinski definition) is 1. The van der Waals surface area contributed by atoms with Crippen molar-refractivity contribution in [2.45, 2.75) is 12.5 Å². The molecule has 2 aromatic carbocycles. The first kappa shape index (κ1) is 10.8. The Hall–Kier alpha value is -1.31. The maximum atomic E-state index is 5.93. The minimum atomic E-state index is 0.303. The summed E-state index contributed by atoms with van der Waals surface area (Å²) in [7, 11) is 0. The number of halogens is 1. The summed E-state index contributed by atoms with van der Waals surface area (Å²) in [6, 6.07) is 17.1. The van der Waals surface area contributed by atoms with E-state index in [0.717, 1.165) is 18.0 Å². The summed E-state index contributed by atoms with van der Waals surface area (Å²) in [5.74, 6) is 0. The second kappa shape index (κ2) is 4.52. The van der Waals surface area contributed by atoms with Crippen LogP contribution in [0.3, 0.4) is 0 Å². The summed E-state index contributed by atoms with van der Waals surface area (Å²) in [4.78, 5) is 0. The fourth-order valence-corrected chi connectivity index (χ4v) is 2.58. The van der Waals surface area contributed by atoms with Crippen molar-refractivity contribution in [2.75, 3.05) is 6.54 Å². The Morgan fingerprint density at radius 1 is 1.00 bits per heavy atom. The van der Waals surface area contributed by atoms with Gasteiger partial charge >= 0.3 is 0 Å². The highest BCUT2D eigenvalue weighted by Gasteiger charge is 2.20. The molecule has 0 unspecified atom stereocenters. The van der Waals surface area contributed by atoms with Crippen LogP contribution in [0.5, 0.6) is 0 Å². The molecule has 1 atom stereocenters. The molecule has 1 heterocycles. The number of rotatable bonds is 1. The molecule has 0 spiro atoms. The minimum absolute atomic E-state index is 0.303. The van der Waals surface area contributed by atoms with Gasteiger partial charge in [-0.05, 0) is 35.2 Å². The van der Waals surface area contributed by atoms with Crippen LogP contribution in [-0.4, -0.2) is 6.54 Å². The standard InChI is InChI=1S/C15H14ClN/c16-13-7-5-12(6-8-13)15-14-4-2-1-3-11(14)9-10-17-15/h1-8,15,17H,9-10H2/t15-/m1/s1. The Balaban J connectivity index is 2.03. The molecule has 0 saturated heterocycles. The van der Waals surface area contributed by atoms with Crippen LogP contribution in [-0.2, 0) is 6.42 Å². The van der Waals surface area contributed by atoms with Crippen molar-refractivity contribution in [3.05, 3.63) is 70.2 Å². The first-order valence-electron chi connectivity index (χ1n) is 5.91. The average Bonchev–Trinajstić information content (AvgIpc) is 2.39. The molecule has 1 aliphatic heterocycles. The highest BCUT2D eigenvalue weighted by atomic mass is 35.5. The predicted octanol–water partition coefficient (Wildman–Crippen LogP) is 3.58. The Morgan fingerprint density at radius 3 is 2.59 bits per heavy atom. The summed E-state index contributed by atoms with van der Waals surface area (Å²) < 4.78 is 0. The molecule has 0 saturated carbocycles. The van der Waals surface area contributed by atoms with Crippen molar-refractivity contribution >= 4 is 11.6 Å². The Labute approximate surface area is 106 Å². The molecular formula is C15H14ClN. The second-order valence-electron chi connectivity index (χ2n) is 4.39. The van der Waals surface area contributed by atoms with Crippen LogP contribution in [0.2, 0.25) is 5.02 Å². The first-order chi connectivity index (χ1) is 8.34. The zero-order valence-electron chi connectivity index (χ0n) is 9.49. The molecule has 0 aromatic heterocycles. The predicted molar refractivity (Wildman–Crippen MR) is 71.4 cm³/mol. The largest absolute Gasteiger partial charge is 0.306 e. The molecule has 3 rings (SSSR count). The zero-order valence-corrected chi connectivity index (χ0v) is 10.2. The highest BCUT2D eigenvalue weighted by Crippen LogP contribution is 2.28. The van der Waals surface area contributed by atoms with Gasteiger partial charge in [-0.3, -0.25) is 0 Å². The molecule has 17 heavy (non-hydrogen) atoms. The van der Waals surface area contributed by atoms with Crippen LogP contribution in [0.1, 0.15) is 22.7 Å². The van der Waals surface area contributed by atoms with E-state index >= 15 is 0 Å². The number of benzene rings is 2. The third-order valence-electron chi connectivity index (χ3n) is 3.31. The van der Waals surface area contributed by atoms with Gasteiger partial charge in [-0.1, -0.05) is 48.0 Å². The monoisotopic (exact) mass is 243 g/mol. The van der Waals surface area contributed by atoms with E-state index in [1.54, 1.807) is 0 Å². The van der Waals surface area contributed by atoms with Crippen LogP contribution in [0.25, 0.3) is 0 Å². The van der Waals surface area contributed by atoms with Crippen molar-refractivity contribution in [3.63, 3.8) is 0 Å². The second-order valence-corrected chi connectivity index (χ2v) is 4.82. The molecule has 0 aliphatic carbocycles. The molecule has 2 heteroatoms. The molecule has 1 nitrogen and oxygen atoms in total. The summed E-state index contributed by atoms with van der Waals surface area (Å²) in [5.41, 5.74) is 4.12. The van der Waals surface area contributed by atoms with E-state index in [4.69, 9.17) is 11.6 Å². The lowest BCUT2D eigenvalue weighted by Gasteiger charge is -2.27. The lowest BCUT2D eigenvalue weighted by molar-refractivity contribution is 0.568. The summed E-state index contributed by atoms with van der Waals surface area (Å²) in [5, 5.41) is 4.36. The quantitative estimate of drug-likeness (QED) is 0.808. The molecule has 2 aromatic rings. The van der Waals surface area contributed by atoms with Crippen LogP contribution in [0.15, 0.2) is 48.5 Å². The molecule has 0 radical (unpaired) electrons. The lowest BCUT2D eigenvalue weighted by atomic mass is 9.90. The van der Waals surface area contributed by atoms with Gasteiger partial charge in [-0.25, -0.2) is 0 Å². The normalized spacial score (nSPS) is 18.8. The summed E-state index contributed by atoms with van der Waals surface area (Å²) in [6.45, 7) is 1.03. The van der Waals surface area contributed by atoms with Gasteiger partial charge in [0.25, 0.3) is 0 Å². The lowest BCUT2D eigenvalue weighted by Crippen LogP contribution is -2.30. The zero-order chi connectivity index (χ0) is 11.7. The van der Waals surface area contributed by atoms with Gasteiger partial charge in [0.15, 0.2) is 0 Å². The van der Waals surface area contributed by atoms with Crippen LogP contribution >= 0.6 is 11.6 Å². The Morgan fingerprint density at radius 2 is 1.76 bits per heavy atom. The summed E-state index contributed by atoms with van der Waals surface area (Å²) >= 11 is 5.93. The number of nitrogens with one attached hydrogen (secondary N) is 1. The van der Waals surface area contributed by atoms with Gasteiger partial charge in [-0.2, -0.15) is 0 Å². The number of fused-ring (bicyclic) bond motifs is 1. The SMILES string of the molecule is Clc1ccc([C@H]2NCCc3ccccc32)cc1. The van der Waals surface area contributed by atoms with Gasteiger partial charge in [0, 0.05) is 11.6 Å². The third kappa shape index (κ3) is 2.08. The van der Waals surface area contributed by atoms with Crippen LogP contribution in [0, 0.1) is 0 Å². The maximum Gasteiger partial charge on any atom is 0.0579 e. The summed E-state index contributed by atoms with van der Waals surface area (Å²) in [6.07, 6.45) is 1.11. The van der Waals surface area contributed by atoms with Crippen molar-refractivity contribution in [1.82, 2.24) is 5.32 Å². The van der Waals surface area contributed by atoms with Gasteiger partial charge in [-0.15, -0.1) is 0 Å². The minimum Gasteiger partial charge on any atom is -0.306 e. The van der Waals surface area contributed by atoms with E-state index in [-0.39, 0.29) is 0 Å². The first-order valence-corrected chi connectivity index (χ1v) is 6.29. The Kier molecular flexibility index (Phi) is 2.87. The third-order valence-corrected chi connectivity index (χ3v) is 3.56. The maximum absolute atomic E-state index is 5.93. The van der Waals surface area contributed by atoms with Gasteiger partial charge in [0.2, 0.25) is 0 Å². The van der Waals surface area contributed by atoms with E-state index in [2.05, 4.69) is 41.7 Å². The van der Waals surface area contributed by atoms with Crippen LogP contribution < -0.4 is 5.32 Å².